The Morgan fingerprint density at radius 3 is 2.29 bits per heavy atom. The molecule has 2 rings (SSSR count). The second-order valence-corrected chi connectivity index (χ2v) is 4.79. The van der Waals surface area contributed by atoms with Crippen molar-refractivity contribution in [1.82, 2.24) is 9.80 Å². The SMILES string of the molecule is CN1C(=O)C(=Cc2cccc([N+](=O)[O-])c2)C(=O)N(C)C1=S. The minimum Gasteiger partial charge on any atom is -0.288 e. The second kappa shape index (κ2) is 5.41. The van der Waals surface area contributed by atoms with Crippen molar-refractivity contribution in [2.45, 2.75) is 0 Å². The fourth-order valence-electron chi connectivity index (χ4n) is 1.87. The Morgan fingerprint density at radius 2 is 1.76 bits per heavy atom. The largest absolute Gasteiger partial charge is 0.288 e. The summed E-state index contributed by atoms with van der Waals surface area (Å²) in [6.45, 7) is 0. The summed E-state index contributed by atoms with van der Waals surface area (Å²) in [5.41, 5.74) is 0.196. The molecular formula is C13H11N3O4S. The highest BCUT2D eigenvalue weighted by molar-refractivity contribution is 7.80. The van der Waals surface area contributed by atoms with E-state index in [1.54, 1.807) is 6.07 Å². The van der Waals surface area contributed by atoms with Gasteiger partial charge in [0.25, 0.3) is 17.5 Å². The lowest BCUT2D eigenvalue weighted by Gasteiger charge is -2.31. The Labute approximate surface area is 125 Å². The number of nitro benzene ring substituents is 1. The van der Waals surface area contributed by atoms with Gasteiger partial charge in [-0.05, 0) is 23.9 Å². The Bertz CT molecular complexity index is 672. The first-order chi connectivity index (χ1) is 9.82. The van der Waals surface area contributed by atoms with Crippen molar-refractivity contribution >= 4 is 40.9 Å². The van der Waals surface area contributed by atoms with E-state index in [-0.39, 0.29) is 16.4 Å². The molecule has 0 atom stereocenters. The van der Waals surface area contributed by atoms with E-state index in [1.807, 2.05) is 0 Å². The van der Waals surface area contributed by atoms with Crippen LogP contribution in [0.4, 0.5) is 5.69 Å². The van der Waals surface area contributed by atoms with Gasteiger partial charge in [0, 0.05) is 26.2 Å². The minimum atomic E-state index is -0.542. The number of rotatable bonds is 2. The minimum absolute atomic E-state index is 0.0888. The molecule has 21 heavy (non-hydrogen) atoms. The van der Waals surface area contributed by atoms with Gasteiger partial charge in [-0.15, -0.1) is 0 Å². The fraction of sp³-hybridized carbons (Fsp3) is 0.154. The zero-order chi connectivity index (χ0) is 15.7. The number of thiocarbonyl (C=S) groups is 1. The quantitative estimate of drug-likeness (QED) is 0.269. The average Bonchev–Trinajstić information content (AvgIpc) is 2.48. The van der Waals surface area contributed by atoms with Gasteiger partial charge >= 0.3 is 0 Å². The predicted octanol–water partition coefficient (Wildman–Crippen LogP) is 1.19. The monoisotopic (exact) mass is 305 g/mol. The number of hydrogen-bond acceptors (Lipinski definition) is 5. The summed E-state index contributed by atoms with van der Waals surface area (Å²) in [6.07, 6.45) is 1.33. The first-order valence-corrected chi connectivity index (χ1v) is 6.30. The predicted molar refractivity (Wildman–Crippen MR) is 79.2 cm³/mol. The molecule has 1 aromatic rings. The molecule has 1 heterocycles. The molecule has 0 N–H and O–H groups in total. The number of carbonyl (C=O) groups excluding carboxylic acids is 2. The zero-order valence-electron chi connectivity index (χ0n) is 11.3. The summed E-state index contributed by atoms with van der Waals surface area (Å²) in [5.74, 6) is -1.07. The summed E-state index contributed by atoms with van der Waals surface area (Å²) in [4.78, 5) is 36.8. The molecule has 1 saturated heterocycles. The van der Waals surface area contributed by atoms with Gasteiger partial charge in [0.2, 0.25) is 0 Å². The van der Waals surface area contributed by atoms with Crippen LogP contribution in [-0.2, 0) is 9.59 Å². The van der Waals surface area contributed by atoms with Crippen LogP contribution in [0, 0.1) is 10.1 Å². The van der Waals surface area contributed by atoms with Gasteiger partial charge in [0.1, 0.15) is 5.57 Å². The number of benzene rings is 1. The third kappa shape index (κ3) is 2.65. The summed E-state index contributed by atoms with van der Waals surface area (Å²) in [6, 6.07) is 5.69. The summed E-state index contributed by atoms with van der Waals surface area (Å²) in [5, 5.41) is 10.9. The number of non-ortho nitro benzene ring substituents is 1. The lowest BCUT2D eigenvalue weighted by Crippen LogP contribution is -2.52. The number of nitro groups is 1. The number of nitrogens with zero attached hydrogens (tertiary/aromatic N) is 3. The van der Waals surface area contributed by atoms with Crippen molar-refractivity contribution in [1.29, 1.82) is 0 Å². The van der Waals surface area contributed by atoms with Gasteiger partial charge in [-0.1, -0.05) is 12.1 Å². The molecule has 7 nitrogen and oxygen atoms in total. The van der Waals surface area contributed by atoms with Crippen LogP contribution in [-0.4, -0.2) is 45.7 Å². The van der Waals surface area contributed by atoms with E-state index in [1.165, 1.54) is 48.2 Å². The smallest absolute Gasteiger partial charge is 0.270 e. The van der Waals surface area contributed by atoms with Crippen molar-refractivity contribution < 1.29 is 14.5 Å². The third-order valence-electron chi connectivity index (χ3n) is 3.04. The second-order valence-electron chi connectivity index (χ2n) is 4.42. The van der Waals surface area contributed by atoms with Crippen LogP contribution in [0.5, 0.6) is 0 Å². The number of carbonyl (C=O) groups is 2. The van der Waals surface area contributed by atoms with E-state index in [2.05, 4.69) is 0 Å². The van der Waals surface area contributed by atoms with Crippen molar-refractivity contribution in [3.05, 3.63) is 45.5 Å². The molecule has 0 aromatic heterocycles. The molecule has 1 aliphatic rings. The lowest BCUT2D eigenvalue weighted by molar-refractivity contribution is -0.384. The number of amides is 2. The van der Waals surface area contributed by atoms with E-state index >= 15 is 0 Å². The van der Waals surface area contributed by atoms with Crippen LogP contribution < -0.4 is 0 Å². The third-order valence-corrected chi connectivity index (χ3v) is 3.58. The lowest BCUT2D eigenvalue weighted by atomic mass is 10.1. The molecule has 1 aliphatic heterocycles. The molecule has 0 saturated carbocycles. The van der Waals surface area contributed by atoms with E-state index in [0.29, 0.717) is 5.56 Å². The first kappa shape index (κ1) is 14.8. The molecule has 0 radical (unpaired) electrons. The highest BCUT2D eigenvalue weighted by Crippen LogP contribution is 2.20. The van der Waals surface area contributed by atoms with Crippen LogP contribution in [0.2, 0.25) is 0 Å². The molecule has 2 amide bonds. The van der Waals surface area contributed by atoms with Crippen LogP contribution in [0.1, 0.15) is 5.56 Å². The number of likely N-dealkylation sites (N-methyl/N-ethyl adjacent to an activating group) is 2. The van der Waals surface area contributed by atoms with E-state index in [9.17, 15) is 19.7 Å². The van der Waals surface area contributed by atoms with Gasteiger partial charge < -0.3 is 0 Å². The zero-order valence-corrected chi connectivity index (χ0v) is 12.1. The Morgan fingerprint density at radius 1 is 1.19 bits per heavy atom. The Balaban J connectivity index is 2.46. The van der Waals surface area contributed by atoms with Gasteiger partial charge in [0.05, 0.1) is 4.92 Å². The summed E-state index contributed by atoms with van der Waals surface area (Å²) >= 11 is 4.97. The molecule has 0 spiro atoms. The number of hydrogen-bond donors (Lipinski definition) is 0. The fourth-order valence-corrected chi connectivity index (χ4v) is 2.04. The van der Waals surface area contributed by atoms with Gasteiger partial charge in [0.15, 0.2) is 5.11 Å². The highest BCUT2D eigenvalue weighted by Gasteiger charge is 2.35. The molecule has 0 aliphatic carbocycles. The first-order valence-electron chi connectivity index (χ1n) is 5.89. The van der Waals surface area contributed by atoms with Crippen LogP contribution in [0.25, 0.3) is 6.08 Å². The topological polar surface area (TPSA) is 83.8 Å². The average molecular weight is 305 g/mol. The van der Waals surface area contributed by atoms with Crippen molar-refractivity contribution in [3.8, 4) is 0 Å². The standard InChI is InChI=1S/C13H11N3O4S/c1-14-11(17)10(12(18)15(2)13(14)21)7-8-4-3-5-9(6-8)16(19)20/h3-7H,1-2H3. The summed E-state index contributed by atoms with van der Waals surface area (Å²) < 4.78 is 0. The molecule has 0 unspecified atom stereocenters. The molecule has 8 heteroatoms. The van der Waals surface area contributed by atoms with Crippen molar-refractivity contribution in [3.63, 3.8) is 0 Å². The maximum Gasteiger partial charge on any atom is 0.270 e. The normalized spacial score (nSPS) is 15.5. The van der Waals surface area contributed by atoms with Crippen molar-refractivity contribution in [2.24, 2.45) is 0 Å². The molecular weight excluding hydrogens is 294 g/mol. The van der Waals surface area contributed by atoms with E-state index in [0.717, 1.165) is 0 Å². The Hall–Kier alpha value is -2.61. The van der Waals surface area contributed by atoms with Gasteiger partial charge in [-0.2, -0.15) is 0 Å². The van der Waals surface area contributed by atoms with Crippen LogP contribution >= 0.6 is 12.2 Å². The molecule has 108 valence electrons. The summed E-state index contributed by atoms with van der Waals surface area (Å²) in [7, 11) is 2.93. The van der Waals surface area contributed by atoms with E-state index < -0.39 is 16.7 Å². The highest BCUT2D eigenvalue weighted by atomic mass is 32.1. The maximum absolute atomic E-state index is 12.1. The van der Waals surface area contributed by atoms with Gasteiger partial charge in [-0.25, -0.2) is 0 Å². The van der Waals surface area contributed by atoms with E-state index in [4.69, 9.17) is 12.2 Å². The molecule has 0 bridgehead atoms. The molecule has 1 aromatic carbocycles. The maximum atomic E-state index is 12.1. The van der Waals surface area contributed by atoms with Crippen LogP contribution in [0.3, 0.4) is 0 Å². The molecule has 1 fully saturated rings. The van der Waals surface area contributed by atoms with Crippen molar-refractivity contribution in [2.75, 3.05) is 14.1 Å². The Kier molecular flexibility index (Phi) is 3.81. The van der Waals surface area contributed by atoms with Gasteiger partial charge in [-0.3, -0.25) is 29.5 Å². The van der Waals surface area contributed by atoms with Crippen LogP contribution in [0.15, 0.2) is 29.8 Å².